The van der Waals surface area contributed by atoms with Crippen LogP contribution in [-0.2, 0) is 15.4 Å². The van der Waals surface area contributed by atoms with Crippen molar-refractivity contribution < 1.29 is 8.42 Å². The molecular weight excluding hydrogens is 376 g/mol. The van der Waals surface area contributed by atoms with Gasteiger partial charge in [-0.05, 0) is 31.4 Å². The standard InChI is InChI=1S/C19H30N6O2S/c1-2-11-28(26,27)25-9-6-19(7-10-25,17-5-3-4-8-20-17)18-23-13-21-12-22(15-23)16-24(18)14-21/h3-5,8,18H,2,6-7,9-16H2,1H3. The second kappa shape index (κ2) is 7.00. The minimum atomic E-state index is -3.15. The molecule has 0 amide bonds. The fourth-order valence-electron chi connectivity index (χ4n) is 5.76. The highest BCUT2D eigenvalue weighted by Gasteiger charge is 2.55. The Morgan fingerprint density at radius 1 is 1.04 bits per heavy atom. The third kappa shape index (κ3) is 3.00. The van der Waals surface area contributed by atoms with Gasteiger partial charge in [-0.15, -0.1) is 0 Å². The fraction of sp³-hybridized carbons (Fsp3) is 0.737. The van der Waals surface area contributed by atoms with Crippen molar-refractivity contribution >= 4 is 10.0 Å². The van der Waals surface area contributed by atoms with Gasteiger partial charge in [-0.1, -0.05) is 13.0 Å². The molecule has 8 nitrogen and oxygen atoms in total. The Morgan fingerprint density at radius 3 is 2.21 bits per heavy atom. The maximum absolute atomic E-state index is 12.6. The molecule has 28 heavy (non-hydrogen) atoms. The largest absolute Gasteiger partial charge is 0.264 e. The van der Waals surface area contributed by atoms with E-state index in [2.05, 4.69) is 31.7 Å². The van der Waals surface area contributed by atoms with E-state index in [1.54, 1.807) is 4.31 Å². The second-order valence-electron chi connectivity index (χ2n) is 8.69. The van der Waals surface area contributed by atoms with E-state index in [-0.39, 0.29) is 17.3 Å². The summed E-state index contributed by atoms with van der Waals surface area (Å²) in [4.78, 5) is 14.8. The summed E-state index contributed by atoms with van der Waals surface area (Å²) >= 11 is 0. The number of hydrogen-bond donors (Lipinski definition) is 0. The van der Waals surface area contributed by atoms with Gasteiger partial charge >= 0.3 is 0 Å². The van der Waals surface area contributed by atoms with Gasteiger partial charge in [0.1, 0.15) is 0 Å². The summed E-state index contributed by atoms with van der Waals surface area (Å²) in [6.45, 7) is 8.12. The first-order chi connectivity index (χ1) is 13.5. The number of sulfonamides is 1. The van der Waals surface area contributed by atoms with Crippen LogP contribution in [0.2, 0.25) is 0 Å². The lowest BCUT2D eigenvalue weighted by molar-refractivity contribution is -0.251. The molecule has 0 unspecified atom stereocenters. The van der Waals surface area contributed by atoms with Crippen molar-refractivity contribution in [3.63, 3.8) is 0 Å². The summed E-state index contributed by atoms with van der Waals surface area (Å²) in [6.07, 6.45) is 4.48. The Labute approximate surface area is 167 Å². The number of rotatable bonds is 5. The lowest BCUT2D eigenvalue weighted by Gasteiger charge is -2.65. The van der Waals surface area contributed by atoms with Gasteiger partial charge < -0.3 is 0 Å². The molecule has 1 aromatic heterocycles. The zero-order valence-electron chi connectivity index (χ0n) is 16.6. The first-order valence-electron chi connectivity index (χ1n) is 10.3. The quantitative estimate of drug-likeness (QED) is 0.706. The zero-order chi connectivity index (χ0) is 19.4. The Hall–Kier alpha value is -1.10. The summed E-state index contributed by atoms with van der Waals surface area (Å²) in [7, 11) is -3.15. The topological polar surface area (TPSA) is 63.2 Å². The molecule has 0 saturated carbocycles. The SMILES string of the molecule is CCCS(=O)(=O)N1CCC(c2ccccn2)(C2N3CN4CN(C3)CN2C4)CC1. The van der Waals surface area contributed by atoms with Gasteiger partial charge in [0.25, 0.3) is 0 Å². The highest BCUT2D eigenvalue weighted by atomic mass is 32.2. The van der Waals surface area contributed by atoms with E-state index in [1.807, 2.05) is 19.2 Å². The molecule has 154 valence electrons. The molecule has 5 aliphatic rings. The van der Waals surface area contributed by atoms with Crippen LogP contribution < -0.4 is 0 Å². The van der Waals surface area contributed by atoms with Crippen molar-refractivity contribution in [1.29, 1.82) is 0 Å². The highest BCUT2D eigenvalue weighted by Crippen LogP contribution is 2.45. The summed E-state index contributed by atoms with van der Waals surface area (Å²) in [5.74, 6) is 0.245. The van der Waals surface area contributed by atoms with Crippen LogP contribution in [0.1, 0.15) is 31.9 Å². The van der Waals surface area contributed by atoms with Crippen LogP contribution >= 0.6 is 0 Å². The first-order valence-corrected chi connectivity index (χ1v) is 11.9. The van der Waals surface area contributed by atoms with Gasteiger partial charge in [0.15, 0.2) is 0 Å². The van der Waals surface area contributed by atoms with Gasteiger partial charge in [0.05, 0.1) is 45.3 Å². The van der Waals surface area contributed by atoms with Crippen molar-refractivity contribution in [3.8, 4) is 0 Å². The summed E-state index contributed by atoms with van der Waals surface area (Å²) in [6, 6.07) is 6.18. The molecule has 0 aliphatic carbocycles. The normalized spacial score (nSPS) is 37.2. The molecule has 1 aromatic rings. The molecule has 4 bridgehead atoms. The predicted octanol–water partition coefficient (Wildman–Crippen LogP) is 0.517. The maximum Gasteiger partial charge on any atom is 0.214 e. The monoisotopic (exact) mass is 406 g/mol. The van der Waals surface area contributed by atoms with E-state index in [0.29, 0.717) is 19.5 Å². The maximum atomic E-state index is 12.6. The van der Waals surface area contributed by atoms with Crippen molar-refractivity contribution in [1.82, 2.24) is 28.9 Å². The van der Waals surface area contributed by atoms with Crippen molar-refractivity contribution in [2.24, 2.45) is 0 Å². The Balaban J connectivity index is 1.47. The van der Waals surface area contributed by atoms with Crippen LogP contribution in [-0.4, -0.2) is 95.7 Å². The Kier molecular flexibility index (Phi) is 4.72. The molecule has 5 saturated heterocycles. The average Bonchev–Trinajstić information content (AvgIpc) is 2.68. The number of pyridine rings is 1. The van der Waals surface area contributed by atoms with E-state index in [0.717, 1.165) is 51.9 Å². The van der Waals surface area contributed by atoms with Crippen molar-refractivity contribution in [3.05, 3.63) is 30.1 Å². The van der Waals surface area contributed by atoms with Gasteiger partial charge in [-0.3, -0.25) is 24.6 Å². The van der Waals surface area contributed by atoms with E-state index in [9.17, 15) is 8.42 Å². The third-order valence-electron chi connectivity index (χ3n) is 6.76. The summed E-state index contributed by atoms with van der Waals surface area (Å²) in [5.41, 5.74) is 0.986. The molecule has 5 fully saturated rings. The predicted molar refractivity (Wildman–Crippen MR) is 106 cm³/mol. The highest BCUT2D eigenvalue weighted by molar-refractivity contribution is 7.89. The van der Waals surface area contributed by atoms with Gasteiger partial charge in [0, 0.05) is 30.4 Å². The van der Waals surface area contributed by atoms with Gasteiger partial charge in [-0.2, -0.15) is 0 Å². The van der Waals surface area contributed by atoms with Crippen LogP contribution in [0, 0.1) is 0 Å². The minimum absolute atomic E-state index is 0.130. The Bertz CT molecular complexity index is 781. The van der Waals surface area contributed by atoms with Gasteiger partial charge in [0.2, 0.25) is 10.0 Å². The first kappa shape index (κ1) is 18.9. The molecule has 0 atom stereocenters. The number of nitrogens with zero attached hydrogens (tertiary/aromatic N) is 6. The van der Waals surface area contributed by atoms with E-state index < -0.39 is 10.0 Å². The van der Waals surface area contributed by atoms with Crippen LogP contribution in [0.25, 0.3) is 0 Å². The van der Waals surface area contributed by atoms with E-state index >= 15 is 0 Å². The van der Waals surface area contributed by atoms with Crippen LogP contribution in [0.15, 0.2) is 24.4 Å². The Morgan fingerprint density at radius 2 is 1.68 bits per heavy atom. The molecule has 6 rings (SSSR count). The molecule has 5 aliphatic heterocycles. The minimum Gasteiger partial charge on any atom is -0.264 e. The molecule has 0 aromatic carbocycles. The van der Waals surface area contributed by atoms with Crippen molar-refractivity contribution in [2.75, 3.05) is 52.2 Å². The molecule has 6 heterocycles. The van der Waals surface area contributed by atoms with E-state index in [4.69, 9.17) is 4.98 Å². The summed E-state index contributed by atoms with van der Waals surface area (Å²) < 4.78 is 27.0. The lowest BCUT2D eigenvalue weighted by Crippen LogP contribution is -2.79. The molecule has 0 spiro atoms. The molecule has 0 N–H and O–H groups in total. The second-order valence-corrected chi connectivity index (χ2v) is 10.8. The average molecular weight is 407 g/mol. The van der Waals surface area contributed by atoms with E-state index in [1.165, 1.54) is 0 Å². The molecule has 0 radical (unpaired) electrons. The van der Waals surface area contributed by atoms with Crippen LogP contribution in [0.4, 0.5) is 0 Å². The van der Waals surface area contributed by atoms with Crippen LogP contribution in [0.5, 0.6) is 0 Å². The van der Waals surface area contributed by atoms with Crippen molar-refractivity contribution in [2.45, 2.75) is 37.8 Å². The lowest BCUT2D eigenvalue weighted by atomic mass is 9.71. The zero-order valence-corrected chi connectivity index (χ0v) is 17.4. The number of hydrogen-bond acceptors (Lipinski definition) is 7. The van der Waals surface area contributed by atoms with Gasteiger partial charge in [-0.25, -0.2) is 12.7 Å². The molecular formula is C19H30N6O2S. The summed E-state index contributed by atoms with van der Waals surface area (Å²) in [5, 5.41) is 0. The third-order valence-corrected chi connectivity index (χ3v) is 8.83. The van der Waals surface area contributed by atoms with Crippen LogP contribution in [0.3, 0.4) is 0 Å². The molecule has 9 heteroatoms. The number of aromatic nitrogens is 1. The smallest absolute Gasteiger partial charge is 0.214 e. The number of piperidine rings is 1. The fourth-order valence-corrected chi connectivity index (χ4v) is 7.27.